The normalized spacial score (nSPS) is 14.8. The summed E-state index contributed by atoms with van der Waals surface area (Å²) in [6.45, 7) is 4.66. The van der Waals surface area contributed by atoms with Crippen molar-refractivity contribution >= 4 is 11.6 Å². The third kappa shape index (κ3) is 5.43. The number of carbonyl (C=O) groups excluding carboxylic acids is 1. The second-order valence-electron chi connectivity index (χ2n) is 7.05. The Morgan fingerprint density at radius 3 is 2.34 bits per heavy atom. The summed E-state index contributed by atoms with van der Waals surface area (Å²) < 4.78 is 44.4. The largest absolute Gasteiger partial charge is 0.494 e. The van der Waals surface area contributed by atoms with Gasteiger partial charge in [-0.05, 0) is 48.9 Å². The second-order valence-corrected chi connectivity index (χ2v) is 7.05. The Bertz CT molecular complexity index is 814. The van der Waals surface area contributed by atoms with Gasteiger partial charge in [0.1, 0.15) is 5.75 Å². The molecule has 1 saturated heterocycles. The molecule has 156 valence electrons. The number of carbonyl (C=O) groups is 1. The monoisotopic (exact) mass is 406 g/mol. The highest BCUT2D eigenvalue weighted by Gasteiger charge is 2.31. The van der Waals surface area contributed by atoms with Gasteiger partial charge in [0.05, 0.1) is 12.2 Å². The molecule has 4 nitrogen and oxygen atoms in total. The van der Waals surface area contributed by atoms with E-state index in [2.05, 4.69) is 6.92 Å². The lowest BCUT2D eigenvalue weighted by atomic mass is 10.1. The van der Waals surface area contributed by atoms with E-state index in [1.165, 1.54) is 6.07 Å². The zero-order valence-corrected chi connectivity index (χ0v) is 16.4. The van der Waals surface area contributed by atoms with E-state index in [0.29, 0.717) is 44.0 Å². The second kappa shape index (κ2) is 9.20. The quantitative estimate of drug-likeness (QED) is 0.643. The zero-order chi connectivity index (χ0) is 20.9. The maximum absolute atomic E-state index is 12.9. The summed E-state index contributed by atoms with van der Waals surface area (Å²) in [5.41, 5.74) is 0.454. The molecule has 2 aromatic rings. The van der Waals surface area contributed by atoms with Gasteiger partial charge in [0.25, 0.3) is 5.91 Å². The Balaban J connectivity index is 1.57. The summed E-state index contributed by atoms with van der Waals surface area (Å²) in [5.74, 6) is 0.665. The molecule has 3 rings (SSSR count). The van der Waals surface area contributed by atoms with E-state index in [1.54, 1.807) is 35.2 Å². The third-order valence-corrected chi connectivity index (χ3v) is 4.97. The number of rotatable bonds is 6. The molecule has 0 saturated carbocycles. The van der Waals surface area contributed by atoms with Crippen molar-refractivity contribution in [1.82, 2.24) is 4.90 Å². The van der Waals surface area contributed by atoms with Crippen LogP contribution in [0.25, 0.3) is 0 Å². The Labute approximate surface area is 168 Å². The Morgan fingerprint density at radius 1 is 1.03 bits per heavy atom. The Morgan fingerprint density at radius 2 is 1.72 bits per heavy atom. The maximum atomic E-state index is 12.9. The average Bonchev–Trinajstić information content (AvgIpc) is 2.73. The molecular formula is C22H25F3N2O2. The first kappa shape index (κ1) is 21.0. The molecule has 0 aliphatic carbocycles. The van der Waals surface area contributed by atoms with Crippen molar-refractivity contribution in [2.75, 3.05) is 37.7 Å². The van der Waals surface area contributed by atoms with Gasteiger partial charge in [-0.3, -0.25) is 4.79 Å². The smallest absolute Gasteiger partial charge is 0.416 e. The highest BCUT2D eigenvalue weighted by Crippen LogP contribution is 2.32. The van der Waals surface area contributed by atoms with E-state index in [9.17, 15) is 18.0 Å². The van der Waals surface area contributed by atoms with Crippen LogP contribution in [0.2, 0.25) is 0 Å². The van der Waals surface area contributed by atoms with Crippen molar-refractivity contribution in [1.29, 1.82) is 0 Å². The summed E-state index contributed by atoms with van der Waals surface area (Å²) >= 11 is 0. The molecule has 0 N–H and O–H groups in total. The number of halogens is 3. The fourth-order valence-electron chi connectivity index (χ4n) is 3.26. The van der Waals surface area contributed by atoms with Crippen LogP contribution in [-0.2, 0) is 6.18 Å². The molecule has 7 heteroatoms. The van der Waals surface area contributed by atoms with E-state index in [-0.39, 0.29) is 5.91 Å². The standard InChI is InChI=1S/C22H25F3N2O2/c1-2-3-15-29-20-9-7-17(8-10-20)21(28)27-13-11-26(12-14-27)19-6-4-5-18(16-19)22(23,24)25/h4-10,16H,2-3,11-15H2,1H3. The fourth-order valence-corrected chi connectivity index (χ4v) is 3.26. The van der Waals surface area contributed by atoms with Crippen LogP contribution in [0.5, 0.6) is 5.75 Å². The Hall–Kier alpha value is -2.70. The molecular weight excluding hydrogens is 381 g/mol. The average molecular weight is 406 g/mol. The first-order valence-corrected chi connectivity index (χ1v) is 9.83. The summed E-state index contributed by atoms with van der Waals surface area (Å²) in [6, 6.07) is 12.4. The maximum Gasteiger partial charge on any atom is 0.416 e. The predicted molar refractivity (Wildman–Crippen MR) is 106 cm³/mol. The van der Waals surface area contributed by atoms with Crippen LogP contribution in [0, 0.1) is 0 Å². The van der Waals surface area contributed by atoms with Crippen LogP contribution in [0.4, 0.5) is 18.9 Å². The fraction of sp³-hybridized carbons (Fsp3) is 0.409. The van der Waals surface area contributed by atoms with Crippen LogP contribution in [-0.4, -0.2) is 43.6 Å². The van der Waals surface area contributed by atoms with Gasteiger partial charge < -0.3 is 14.5 Å². The SMILES string of the molecule is CCCCOc1ccc(C(=O)N2CCN(c3cccc(C(F)(F)F)c3)CC2)cc1. The van der Waals surface area contributed by atoms with Crippen LogP contribution >= 0.6 is 0 Å². The van der Waals surface area contributed by atoms with Crippen LogP contribution < -0.4 is 9.64 Å². The first-order chi connectivity index (χ1) is 13.9. The van der Waals surface area contributed by atoms with Gasteiger partial charge in [-0.25, -0.2) is 0 Å². The number of hydrogen-bond acceptors (Lipinski definition) is 3. The van der Waals surface area contributed by atoms with Crippen LogP contribution in [0.15, 0.2) is 48.5 Å². The molecule has 1 amide bonds. The molecule has 0 spiro atoms. The van der Waals surface area contributed by atoms with Crippen molar-refractivity contribution in [3.63, 3.8) is 0 Å². The summed E-state index contributed by atoms with van der Waals surface area (Å²) in [5, 5.41) is 0. The summed E-state index contributed by atoms with van der Waals surface area (Å²) in [4.78, 5) is 16.3. The van der Waals surface area contributed by atoms with Crippen molar-refractivity contribution in [2.24, 2.45) is 0 Å². The lowest BCUT2D eigenvalue weighted by molar-refractivity contribution is -0.137. The number of amides is 1. The number of unbranched alkanes of at least 4 members (excludes halogenated alkanes) is 1. The highest BCUT2D eigenvalue weighted by atomic mass is 19.4. The number of anilines is 1. The molecule has 0 bridgehead atoms. The molecule has 0 unspecified atom stereocenters. The molecule has 0 radical (unpaired) electrons. The minimum atomic E-state index is -4.36. The number of alkyl halides is 3. The number of hydrogen-bond donors (Lipinski definition) is 0. The first-order valence-electron chi connectivity index (χ1n) is 9.83. The molecule has 1 heterocycles. The van der Waals surface area contributed by atoms with E-state index < -0.39 is 11.7 Å². The summed E-state index contributed by atoms with van der Waals surface area (Å²) in [6.07, 6.45) is -2.32. The van der Waals surface area contributed by atoms with Gasteiger partial charge in [-0.1, -0.05) is 19.4 Å². The van der Waals surface area contributed by atoms with Crippen molar-refractivity contribution in [3.05, 3.63) is 59.7 Å². The van der Waals surface area contributed by atoms with Gasteiger partial charge >= 0.3 is 6.18 Å². The van der Waals surface area contributed by atoms with Gasteiger partial charge in [0, 0.05) is 37.4 Å². The van der Waals surface area contributed by atoms with E-state index in [4.69, 9.17) is 4.74 Å². The Kier molecular flexibility index (Phi) is 6.67. The molecule has 0 atom stereocenters. The molecule has 2 aromatic carbocycles. The lowest BCUT2D eigenvalue weighted by Gasteiger charge is -2.36. The topological polar surface area (TPSA) is 32.8 Å². The summed E-state index contributed by atoms with van der Waals surface area (Å²) in [7, 11) is 0. The minimum Gasteiger partial charge on any atom is -0.494 e. The minimum absolute atomic E-state index is 0.0752. The number of benzene rings is 2. The number of piperazine rings is 1. The van der Waals surface area contributed by atoms with E-state index in [0.717, 1.165) is 30.7 Å². The van der Waals surface area contributed by atoms with Crippen molar-refractivity contribution in [2.45, 2.75) is 25.9 Å². The van der Waals surface area contributed by atoms with Gasteiger partial charge in [0.15, 0.2) is 0 Å². The zero-order valence-electron chi connectivity index (χ0n) is 16.4. The molecule has 1 aliphatic heterocycles. The van der Waals surface area contributed by atoms with E-state index in [1.807, 2.05) is 4.90 Å². The van der Waals surface area contributed by atoms with Crippen molar-refractivity contribution in [3.8, 4) is 5.75 Å². The molecule has 0 aromatic heterocycles. The molecule has 1 aliphatic rings. The predicted octanol–water partition coefficient (Wildman–Crippen LogP) is 4.85. The highest BCUT2D eigenvalue weighted by molar-refractivity contribution is 5.94. The van der Waals surface area contributed by atoms with Crippen LogP contribution in [0.3, 0.4) is 0 Å². The number of nitrogens with zero attached hydrogens (tertiary/aromatic N) is 2. The third-order valence-electron chi connectivity index (χ3n) is 4.97. The molecule has 29 heavy (non-hydrogen) atoms. The van der Waals surface area contributed by atoms with E-state index >= 15 is 0 Å². The lowest BCUT2D eigenvalue weighted by Crippen LogP contribution is -2.48. The van der Waals surface area contributed by atoms with Crippen LogP contribution in [0.1, 0.15) is 35.7 Å². The van der Waals surface area contributed by atoms with Gasteiger partial charge in [0.2, 0.25) is 0 Å². The number of ether oxygens (including phenoxy) is 1. The van der Waals surface area contributed by atoms with Crippen molar-refractivity contribution < 1.29 is 22.7 Å². The van der Waals surface area contributed by atoms with Gasteiger partial charge in [-0.15, -0.1) is 0 Å². The van der Waals surface area contributed by atoms with Gasteiger partial charge in [-0.2, -0.15) is 13.2 Å². The molecule has 1 fully saturated rings.